The first-order valence-corrected chi connectivity index (χ1v) is 6.11. The zero-order valence-corrected chi connectivity index (χ0v) is 11.4. The van der Waals surface area contributed by atoms with Crippen LogP contribution in [0.3, 0.4) is 0 Å². The van der Waals surface area contributed by atoms with Gasteiger partial charge >= 0.3 is 0 Å². The molecule has 102 valence electrons. The fourth-order valence-electron chi connectivity index (χ4n) is 2.01. The third-order valence-electron chi connectivity index (χ3n) is 2.98. The van der Waals surface area contributed by atoms with E-state index in [9.17, 15) is 0 Å². The van der Waals surface area contributed by atoms with Crippen LogP contribution in [-0.2, 0) is 13.0 Å². The van der Waals surface area contributed by atoms with Crippen LogP contribution < -0.4 is 15.2 Å². The first kappa shape index (κ1) is 13.4. The quantitative estimate of drug-likeness (QED) is 0.879. The van der Waals surface area contributed by atoms with Crippen molar-refractivity contribution in [2.24, 2.45) is 5.73 Å². The lowest BCUT2D eigenvalue weighted by Gasteiger charge is -2.10. The summed E-state index contributed by atoms with van der Waals surface area (Å²) in [5, 5.41) is 8.25. The molecule has 0 saturated heterocycles. The molecule has 0 aliphatic heterocycles. The molecule has 0 atom stereocenters. The normalized spacial score (nSPS) is 10.5. The number of benzene rings is 1. The van der Waals surface area contributed by atoms with Gasteiger partial charge in [-0.15, -0.1) is 5.10 Å². The van der Waals surface area contributed by atoms with Gasteiger partial charge in [0.05, 0.1) is 31.3 Å². The lowest BCUT2D eigenvalue weighted by molar-refractivity contribution is 0.354. The maximum Gasteiger partial charge on any atom is 0.162 e. The van der Waals surface area contributed by atoms with Gasteiger partial charge in [0.2, 0.25) is 0 Å². The van der Waals surface area contributed by atoms with Crippen molar-refractivity contribution in [3.63, 3.8) is 0 Å². The van der Waals surface area contributed by atoms with Crippen LogP contribution in [0, 0.1) is 0 Å². The lowest BCUT2D eigenvalue weighted by Crippen LogP contribution is -2.05. The summed E-state index contributed by atoms with van der Waals surface area (Å²) >= 11 is 0. The van der Waals surface area contributed by atoms with Crippen molar-refractivity contribution in [3.05, 3.63) is 29.6 Å². The number of hydrogen-bond donors (Lipinski definition) is 1. The Kier molecular flexibility index (Phi) is 4.01. The molecule has 19 heavy (non-hydrogen) atoms. The molecule has 6 heteroatoms. The molecule has 0 fully saturated rings. The molecular weight excluding hydrogens is 244 g/mol. The van der Waals surface area contributed by atoms with E-state index >= 15 is 0 Å². The van der Waals surface area contributed by atoms with E-state index in [1.165, 1.54) is 0 Å². The Morgan fingerprint density at radius 3 is 2.53 bits per heavy atom. The monoisotopic (exact) mass is 262 g/mol. The maximum atomic E-state index is 5.66. The predicted molar refractivity (Wildman–Crippen MR) is 71.7 cm³/mol. The number of aromatic nitrogens is 3. The fraction of sp³-hybridized carbons (Fsp3) is 0.385. The van der Waals surface area contributed by atoms with Gasteiger partial charge in [0.15, 0.2) is 11.5 Å². The second-order valence-electron chi connectivity index (χ2n) is 3.99. The summed E-state index contributed by atoms with van der Waals surface area (Å²) < 4.78 is 12.3. The summed E-state index contributed by atoms with van der Waals surface area (Å²) in [4.78, 5) is 0. The fourth-order valence-corrected chi connectivity index (χ4v) is 2.01. The zero-order valence-electron chi connectivity index (χ0n) is 11.4. The SMILES string of the molecule is CCc1c(CN)nnn1-c1ccc(OC)c(OC)c1. The van der Waals surface area contributed by atoms with Crippen LogP contribution in [0.2, 0.25) is 0 Å². The van der Waals surface area contributed by atoms with Crippen LogP contribution in [-0.4, -0.2) is 29.2 Å². The summed E-state index contributed by atoms with van der Waals surface area (Å²) in [6, 6.07) is 5.62. The third-order valence-corrected chi connectivity index (χ3v) is 2.98. The van der Waals surface area contributed by atoms with Gasteiger partial charge in [-0.3, -0.25) is 0 Å². The number of ether oxygens (including phenoxy) is 2. The summed E-state index contributed by atoms with van der Waals surface area (Å²) in [7, 11) is 3.21. The second kappa shape index (κ2) is 5.71. The summed E-state index contributed by atoms with van der Waals surface area (Å²) in [5.74, 6) is 1.34. The molecule has 0 radical (unpaired) electrons. The maximum absolute atomic E-state index is 5.66. The van der Waals surface area contributed by atoms with E-state index < -0.39 is 0 Å². The molecular formula is C13H18N4O2. The minimum absolute atomic E-state index is 0.385. The Hall–Kier alpha value is -2.08. The van der Waals surface area contributed by atoms with Crippen molar-refractivity contribution in [1.29, 1.82) is 0 Å². The predicted octanol–water partition coefficient (Wildman–Crippen LogP) is 1.31. The van der Waals surface area contributed by atoms with Crippen molar-refractivity contribution < 1.29 is 9.47 Å². The van der Waals surface area contributed by atoms with Crippen LogP contribution in [0.5, 0.6) is 11.5 Å². The van der Waals surface area contributed by atoms with Gasteiger partial charge in [0.1, 0.15) is 0 Å². The second-order valence-corrected chi connectivity index (χ2v) is 3.99. The molecule has 0 aliphatic rings. The molecule has 1 aromatic heterocycles. The van der Waals surface area contributed by atoms with Crippen molar-refractivity contribution in [1.82, 2.24) is 15.0 Å². The molecule has 0 unspecified atom stereocenters. The van der Waals surface area contributed by atoms with E-state index in [1.54, 1.807) is 18.9 Å². The molecule has 0 aliphatic carbocycles. The minimum Gasteiger partial charge on any atom is -0.493 e. The van der Waals surface area contributed by atoms with E-state index in [4.69, 9.17) is 15.2 Å². The summed E-state index contributed by atoms with van der Waals surface area (Å²) in [6.07, 6.45) is 0.813. The molecule has 2 rings (SSSR count). The van der Waals surface area contributed by atoms with Crippen molar-refractivity contribution in [2.45, 2.75) is 19.9 Å². The third kappa shape index (κ3) is 2.39. The number of hydrogen-bond acceptors (Lipinski definition) is 5. The van der Waals surface area contributed by atoms with Gasteiger partial charge < -0.3 is 15.2 Å². The van der Waals surface area contributed by atoms with Gasteiger partial charge in [-0.25, -0.2) is 4.68 Å². The van der Waals surface area contributed by atoms with E-state index in [2.05, 4.69) is 17.2 Å². The van der Waals surface area contributed by atoms with Gasteiger partial charge in [-0.05, 0) is 18.6 Å². The minimum atomic E-state index is 0.385. The molecule has 6 nitrogen and oxygen atoms in total. The van der Waals surface area contributed by atoms with Gasteiger partial charge in [-0.2, -0.15) is 0 Å². The number of methoxy groups -OCH3 is 2. The largest absolute Gasteiger partial charge is 0.493 e. The van der Waals surface area contributed by atoms with E-state index in [0.29, 0.717) is 18.0 Å². The van der Waals surface area contributed by atoms with Crippen LogP contribution >= 0.6 is 0 Å². The van der Waals surface area contributed by atoms with Crippen molar-refractivity contribution in [3.8, 4) is 17.2 Å². The summed E-state index contributed by atoms with van der Waals surface area (Å²) in [5.41, 5.74) is 8.36. The number of rotatable bonds is 5. The topological polar surface area (TPSA) is 75.2 Å². The van der Waals surface area contributed by atoms with Crippen LogP contribution in [0.1, 0.15) is 18.3 Å². The average molecular weight is 262 g/mol. The first-order chi connectivity index (χ1) is 9.24. The molecule has 2 N–H and O–H groups in total. The molecule has 0 spiro atoms. The smallest absolute Gasteiger partial charge is 0.162 e. The highest BCUT2D eigenvalue weighted by Gasteiger charge is 2.13. The number of nitrogens with zero attached hydrogens (tertiary/aromatic N) is 3. The van der Waals surface area contributed by atoms with Gasteiger partial charge in [0, 0.05) is 12.6 Å². The van der Waals surface area contributed by atoms with Crippen LogP contribution in [0.25, 0.3) is 5.69 Å². The highest BCUT2D eigenvalue weighted by atomic mass is 16.5. The molecule has 0 bridgehead atoms. The van der Waals surface area contributed by atoms with Crippen LogP contribution in [0.15, 0.2) is 18.2 Å². The van der Waals surface area contributed by atoms with E-state index in [1.807, 2.05) is 18.2 Å². The highest BCUT2D eigenvalue weighted by Crippen LogP contribution is 2.29. The first-order valence-electron chi connectivity index (χ1n) is 6.11. The Bertz CT molecular complexity index is 566. The number of nitrogens with two attached hydrogens (primary N) is 1. The molecule has 1 aromatic carbocycles. The molecule has 0 amide bonds. The van der Waals surface area contributed by atoms with Crippen LogP contribution in [0.4, 0.5) is 0 Å². The molecule has 2 aromatic rings. The average Bonchev–Trinajstić information content (AvgIpc) is 2.89. The molecule has 1 heterocycles. The zero-order chi connectivity index (χ0) is 13.8. The van der Waals surface area contributed by atoms with Gasteiger partial charge in [0.25, 0.3) is 0 Å². The Balaban J connectivity index is 2.50. The van der Waals surface area contributed by atoms with E-state index in [-0.39, 0.29) is 0 Å². The molecule has 0 saturated carbocycles. The summed E-state index contributed by atoms with van der Waals surface area (Å²) in [6.45, 7) is 2.44. The van der Waals surface area contributed by atoms with Crippen molar-refractivity contribution >= 4 is 0 Å². The Morgan fingerprint density at radius 1 is 1.21 bits per heavy atom. The highest BCUT2D eigenvalue weighted by molar-refractivity contribution is 5.49. The Labute approximate surface area is 112 Å². The lowest BCUT2D eigenvalue weighted by atomic mass is 10.2. The van der Waals surface area contributed by atoms with E-state index in [0.717, 1.165) is 23.5 Å². The standard InChI is InChI=1S/C13H18N4O2/c1-4-11-10(8-14)15-16-17(11)9-5-6-12(18-2)13(7-9)19-3/h5-7H,4,8,14H2,1-3H3. The van der Waals surface area contributed by atoms with Crippen molar-refractivity contribution in [2.75, 3.05) is 14.2 Å². The van der Waals surface area contributed by atoms with Gasteiger partial charge in [-0.1, -0.05) is 12.1 Å². The Morgan fingerprint density at radius 2 is 1.95 bits per heavy atom.